The molecule has 1 aliphatic rings. The molecule has 2 unspecified atom stereocenters. The Morgan fingerprint density at radius 3 is 3.11 bits per heavy atom. The van der Waals surface area contributed by atoms with E-state index in [1.165, 1.54) is 16.9 Å². The smallest absolute Gasteiger partial charge is 0.304 e. The topological polar surface area (TPSA) is 54.1 Å². The van der Waals surface area contributed by atoms with Crippen molar-refractivity contribution in [3.05, 3.63) is 50.6 Å². The second kappa shape index (κ2) is 5.19. The number of aromatic amines is 1. The number of rotatable bonds is 3. The van der Waals surface area contributed by atoms with Crippen LogP contribution in [0.4, 0.5) is 0 Å². The summed E-state index contributed by atoms with van der Waals surface area (Å²) in [6.07, 6.45) is 0. The lowest BCUT2D eigenvalue weighted by Gasteiger charge is -2.32. The van der Waals surface area contributed by atoms with E-state index >= 15 is 0 Å². The molecular weight excluding hydrogens is 260 g/mol. The molecular formula is C14H16N2O2S. The highest BCUT2D eigenvalue weighted by molar-refractivity contribution is 7.07. The third-order valence-corrected chi connectivity index (χ3v) is 4.13. The van der Waals surface area contributed by atoms with Crippen molar-refractivity contribution in [1.82, 2.24) is 10.3 Å². The van der Waals surface area contributed by atoms with Gasteiger partial charge in [-0.15, -0.1) is 0 Å². The summed E-state index contributed by atoms with van der Waals surface area (Å²) in [7, 11) is 0. The molecule has 1 aromatic carbocycles. The maximum Gasteiger partial charge on any atom is 0.304 e. The maximum absolute atomic E-state index is 11.1. The Labute approximate surface area is 115 Å². The van der Waals surface area contributed by atoms with Crippen LogP contribution in [0.1, 0.15) is 24.2 Å². The SMILES string of the molecule is CC1COc2ccccc2C1NCc1csc(=O)[nH]1. The molecule has 2 atom stereocenters. The number of nitrogens with one attached hydrogen (secondary N) is 2. The number of benzene rings is 1. The summed E-state index contributed by atoms with van der Waals surface area (Å²) in [4.78, 5) is 13.9. The molecule has 0 bridgehead atoms. The Kier molecular flexibility index (Phi) is 3.40. The van der Waals surface area contributed by atoms with Gasteiger partial charge < -0.3 is 15.0 Å². The van der Waals surface area contributed by atoms with Crippen LogP contribution >= 0.6 is 11.3 Å². The second-order valence-corrected chi connectivity index (χ2v) is 5.70. The Balaban J connectivity index is 1.78. The van der Waals surface area contributed by atoms with Gasteiger partial charge in [0.25, 0.3) is 0 Å². The summed E-state index contributed by atoms with van der Waals surface area (Å²) >= 11 is 1.20. The molecule has 2 N–H and O–H groups in total. The van der Waals surface area contributed by atoms with Crippen molar-refractivity contribution >= 4 is 11.3 Å². The van der Waals surface area contributed by atoms with E-state index < -0.39 is 0 Å². The highest BCUT2D eigenvalue weighted by Gasteiger charge is 2.27. The van der Waals surface area contributed by atoms with Crippen molar-refractivity contribution < 1.29 is 4.74 Å². The summed E-state index contributed by atoms with van der Waals surface area (Å²) in [6, 6.07) is 8.37. The zero-order valence-corrected chi connectivity index (χ0v) is 11.5. The van der Waals surface area contributed by atoms with E-state index in [4.69, 9.17) is 4.74 Å². The average Bonchev–Trinajstić information content (AvgIpc) is 2.83. The molecule has 2 heterocycles. The number of hydrogen-bond acceptors (Lipinski definition) is 4. The molecule has 0 aliphatic carbocycles. The van der Waals surface area contributed by atoms with Crippen LogP contribution in [0.5, 0.6) is 5.75 Å². The number of H-pyrrole nitrogens is 1. The lowest BCUT2D eigenvalue weighted by atomic mass is 9.92. The number of ether oxygens (including phenoxy) is 1. The van der Waals surface area contributed by atoms with Crippen LogP contribution in [0.3, 0.4) is 0 Å². The first kappa shape index (κ1) is 12.4. The molecule has 4 nitrogen and oxygen atoms in total. The molecule has 5 heteroatoms. The van der Waals surface area contributed by atoms with E-state index in [1.807, 2.05) is 23.6 Å². The van der Waals surface area contributed by atoms with Crippen molar-refractivity contribution in [3.8, 4) is 5.75 Å². The van der Waals surface area contributed by atoms with Crippen molar-refractivity contribution in [2.45, 2.75) is 19.5 Å². The van der Waals surface area contributed by atoms with Gasteiger partial charge in [-0.05, 0) is 6.07 Å². The van der Waals surface area contributed by atoms with E-state index in [2.05, 4.69) is 23.3 Å². The number of thiazole rings is 1. The van der Waals surface area contributed by atoms with E-state index in [1.54, 1.807) is 0 Å². The van der Waals surface area contributed by atoms with Crippen molar-refractivity contribution in [2.24, 2.45) is 5.92 Å². The summed E-state index contributed by atoms with van der Waals surface area (Å²) in [5.41, 5.74) is 2.13. The fourth-order valence-electron chi connectivity index (χ4n) is 2.42. The molecule has 0 spiro atoms. The Morgan fingerprint density at radius 1 is 1.47 bits per heavy atom. The number of aromatic nitrogens is 1. The van der Waals surface area contributed by atoms with Crippen LogP contribution in [-0.4, -0.2) is 11.6 Å². The zero-order chi connectivity index (χ0) is 13.2. The molecule has 1 aliphatic heterocycles. The average molecular weight is 276 g/mol. The standard InChI is InChI=1S/C14H16N2O2S/c1-9-7-18-12-5-3-2-4-11(12)13(9)15-6-10-8-19-14(17)16-10/h2-5,8-9,13,15H,6-7H2,1H3,(H,16,17). The van der Waals surface area contributed by atoms with E-state index in [-0.39, 0.29) is 10.9 Å². The van der Waals surface area contributed by atoms with Crippen LogP contribution in [-0.2, 0) is 6.54 Å². The fraction of sp³-hybridized carbons (Fsp3) is 0.357. The van der Waals surface area contributed by atoms with Gasteiger partial charge in [-0.1, -0.05) is 36.5 Å². The third-order valence-electron chi connectivity index (χ3n) is 3.41. The van der Waals surface area contributed by atoms with Gasteiger partial charge in [0.2, 0.25) is 0 Å². The van der Waals surface area contributed by atoms with Gasteiger partial charge in [0.05, 0.1) is 6.61 Å². The van der Waals surface area contributed by atoms with Crippen molar-refractivity contribution in [1.29, 1.82) is 0 Å². The summed E-state index contributed by atoms with van der Waals surface area (Å²) in [5, 5.41) is 5.38. The van der Waals surface area contributed by atoms with Crippen LogP contribution in [0.25, 0.3) is 0 Å². The highest BCUT2D eigenvalue weighted by Crippen LogP contribution is 2.34. The fourth-order valence-corrected chi connectivity index (χ4v) is 3.01. The largest absolute Gasteiger partial charge is 0.493 e. The summed E-state index contributed by atoms with van der Waals surface area (Å²) in [6.45, 7) is 3.56. The first-order chi connectivity index (χ1) is 9.24. The van der Waals surface area contributed by atoms with Gasteiger partial charge in [0.15, 0.2) is 0 Å². The minimum Gasteiger partial charge on any atom is -0.493 e. The molecule has 0 saturated carbocycles. The highest BCUT2D eigenvalue weighted by atomic mass is 32.1. The summed E-state index contributed by atoms with van der Waals surface area (Å²) < 4.78 is 5.73. The molecule has 0 radical (unpaired) electrons. The number of para-hydroxylation sites is 1. The van der Waals surface area contributed by atoms with Gasteiger partial charge in [0, 0.05) is 35.1 Å². The monoisotopic (exact) mass is 276 g/mol. The van der Waals surface area contributed by atoms with Crippen LogP contribution < -0.4 is 14.9 Å². The van der Waals surface area contributed by atoms with Crippen molar-refractivity contribution in [2.75, 3.05) is 6.61 Å². The van der Waals surface area contributed by atoms with Gasteiger partial charge in [-0.25, -0.2) is 0 Å². The Morgan fingerprint density at radius 2 is 2.32 bits per heavy atom. The van der Waals surface area contributed by atoms with Crippen LogP contribution in [0, 0.1) is 5.92 Å². The predicted molar refractivity (Wildman–Crippen MR) is 75.6 cm³/mol. The molecule has 1 aromatic heterocycles. The normalized spacial score (nSPS) is 21.7. The quantitative estimate of drug-likeness (QED) is 0.904. The Hall–Kier alpha value is -1.59. The van der Waals surface area contributed by atoms with E-state index in [0.717, 1.165) is 18.1 Å². The zero-order valence-electron chi connectivity index (χ0n) is 10.7. The van der Waals surface area contributed by atoms with Gasteiger partial charge in [-0.3, -0.25) is 4.79 Å². The minimum atomic E-state index is -0.00257. The molecule has 0 saturated heterocycles. The molecule has 2 aromatic rings. The molecule has 0 fully saturated rings. The van der Waals surface area contributed by atoms with Gasteiger partial charge >= 0.3 is 4.87 Å². The van der Waals surface area contributed by atoms with Crippen LogP contribution in [0.15, 0.2) is 34.4 Å². The lowest BCUT2D eigenvalue weighted by molar-refractivity contribution is 0.187. The molecule has 19 heavy (non-hydrogen) atoms. The number of hydrogen-bond donors (Lipinski definition) is 2. The summed E-state index contributed by atoms with van der Waals surface area (Å²) in [5.74, 6) is 1.36. The van der Waals surface area contributed by atoms with Crippen molar-refractivity contribution in [3.63, 3.8) is 0 Å². The minimum absolute atomic E-state index is 0.00257. The number of fused-ring (bicyclic) bond motifs is 1. The molecule has 0 amide bonds. The predicted octanol–water partition coefficient (Wildman–Crippen LogP) is 2.30. The molecule has 100 valence electrons. The first-order valence-corrected chi connectivity index (χ1v) is 7.24. The van der Waals surface area contributed by atoms with E-state index in [9.17, 15) is 4.79 Å². The van der Waals surface area contributed by atoms with E-state index in [0.29, 0.717) is 12.5 Å². The Bertz CT molecular complexity index is 620. The molecule has 3 rings (SSSR count). The third kappa shape index (κ3) is 2.57. The maximum atomic E-state index is 11.1. The lowest BCUT2D eigenvalue weighted by Crippen LogP contribution is -2.33. The van der Waals surface area contributed by atoms with Gasteiger partial charge in [0.1, 0.15) is 5.75 Å². The second-order valence-electron chi connectivity index (χ2n) is 4.86. The van der Waals surface area contributed by atoms with Crippen LogP contribution in [0.2, 0.25) is 0 Å². The van der Waals surface area contributed by atoms with Gasteiger partial charge in [-0.2, -0.15) is 0 Å². The first-order valence-electron chi connectivity index (χ1n) is 6.36.